The molecule has 1 rings (SSSR count). The zero-order valence-electron chi connectivity index (χ0n) is 10.9. The highest BCUT2D eigenvalue weighted by atomic mass is 16.5. The van der Waals surface area contributed by atoms with Crippen molar-refractivity contribution in [2.45, 2.75) is 31.7 Å². The zero-order chi connectivity index (χ0) is 12.7. The first-order chi connectivity index (χ1) is 8.14. The van der Waals surface area contributed by atoms with Gasteiger partial charge in [-0.15, -0.1) is 0 Å². The van der Waals surface area contributed by atoms with Crippen LogP contribution in [0.3, 0.4) is 0 Å². The van der Waals surface area contributed by atoms with E-state index in [4.69, 9.17) is 4.74 Å². The maximum absolute atomic E-state index is 11.5. The van der Waals surface area contributed by atoms with E-state index in [-0.39, 0.29) is 0 Å². The van der Waals surface area contributed by atoms with Gasteiger partial charge in [-0.3, -0.25) is 10.1 Å². The second-order valence-electron chi connectivity index (χ2n) is 4.59. The molecule has 0 radical (unpaired) electrons. The summed E-state index contributed by atoms with van der Waals surface area (Å²) in [4.78, 5) is 13.8. The van der Waals surface area contributed by atoms with E-state index in [0.29, 0.717) is 26.0 Å². The maximum Gasteiger partial charge on any atom is 0.323 e. The van der Waals surface area contributed by atoms with Crippen LogP contribution < -0.4 is 5.32 Å². The van der Waals surface area contributed by atoms with Gasteiger partial charge in [-0.05, 0) is 32.4 Å². The molecule has 1 unspecified atom stereocenters. The molecule has 17 heavy (non-hydrogen) atoms. The van der Waals surface area contributed by atoms with Gasteiger partial charge in [0.25, 0.3) is 0 Å². The van der Waals surface area contributed by atoms with Gasteiger partial charge in [-0.2, -0.15) is 0 Å². The Balaban J connectivity index is 2.60. The summed E-state index contributed by atoms with van der Waals surface area (Å²) in [6.07, 6.45) is 2.29. The molecule has 5 nitrogen and oxygen atoms in total. The molecule has 0 spiro atoms. The highest BCUT2D eigenvalue weighted by molar-refractivity contribution is 5.78. The van der Waals surface area contributed by atoms with Gasteiger partial charge >= 0.3 is 5.97 Å². The second kappa shape index (κ2) is 6.93. The third-order valence-corrected chi connectivity index (χ3v) is 3.56. The smallest absolute Gasteiger partial charge is 0.323 e. The average Bonchev–Trinajstić information content (AvgIpc) is 2.53. The van der Waals surface area contributed by atoms with Crippen LogP contribution in [0.2, 0.25) is 0 Å². The van der Waals surface area contributed by atoms with Crippen molar-refractivity contribution in [1.82, 2.24) is 10.2 Å². The van der Waals surface area contributed by atoms with Crippen LogP contribution in [0.25, 0.3) is 0 Å². The largest absolute Gasteiger partial charge is 0.480 e. The van der Waals surface area contributed by atoms with Gasteiger partial charge in [0.1, 0.15) is 5.54 Å². The summed E-state index contributed by atoms with van der Waals surface area (Å²) in [5.74, 6) is -0.730. The molecule has 1 atom stereocenters. The summed E-state index contributed by atoms with van der Waals surface area (Å²) in [5, 5.41) is 12.6. The molecule has 1 aliphatic rings. The van der Waals surface area contributed by atoms with Crippen molar-refractivity contribution in [3.63, 3.8) is 0 Å². The van der Waals surface area contributed by atoms with E-state index < -0.39 is 11.5 Å². The molecule has 0 saturated carbocycles. The zero-order valence-corrected chi connectivity index (χ0v) is 10.9. The average molecular weight is 244 g/mol. The molecule has 0 aromatic carbocycles. The number of nitrogens with zero attached hydrogens (tertiary/aromatic N) is 1. The van der Waals surface area contributed by atoms with Crippen molar-refractivity contribution in [3.8, 4) is 0 Å². The highest BCUT2D eigenvalue weighted by Gasteiger charge is 2.38. The molecule has 0 aromatic heterocycles. The normalized spacial score (nSPS) is 26.7. The molecule has 0 aliphatic carbocycles. The summed E-state index contributed by atoms with van der Waals surface area (Å²) in [7, 11) is 1.63. The number of methoxy groups -OCH3 is 1. The van der Waals surface area contributed by atoms with Crippen molar-refractivity contribution >= 4 is 5.97 Å². The van der Waals surface area contributed by atoms with Crippen LogP contribution in [-0.2, 0) is 9.53 Å². The van der Waals surface area contributed by atoms with Crippen LogP contribution in [-0.4, -0.2) is 61.4 Å². The Kier molecular flexibility index (Phi) is 5.88. The van der Waals surface area contributed by atoms with Gasteiger partial charge in [0.05, 0.1) is 6.61 Å². The van der Waals surface area contributed by atoms with Crippen LogP contribution in [0.4, 0.5) is 0 Å². The Morgan fingerprint density at radius 2 is 2.24 bits per heavy atom. The van der Waals surface area contributed by atoms with Gasteiger partial charge in [-0.25, -0.2) is 0 Å². The molecule has 1 aliphatic heterocycles. The lowest BCUT2D eigenvalue weighted by Gasteiger charge is -2.29. The third kappa shape index (κ3) is 3.94. The molecule has 1 heterocycles. The third-order valence-electron chi connectivity index (χ3n) is 3.56. The van der Waals surface area contributed by atoms with Crippen molar-refractivity contribution in [1.29, 1.82) is 0 Å². The Bertz CT molecular complexity index is 248. The van der Waals surface area contributed by atoms with Crippen LogP contribution >= 0.6 is 0 Å². The molecule has 0 aromatic rings. The van der Waals surface area contributed by atoms with Gasteiger partial charge in [0.2, 0.25) is 0 Å². The Hall–Kier alpha value is -0.650. The Morgan fingerprint density at radius 3 is 2.82 bits per heavy atom. The van der Waals surface area contributed by atoms with Crippen molar-refractivity contribution in [2.75, 3.05) is 39.9 Å². The molecule has 100 valence electrons. The molecule has 1 saturated heterocycles. The van der Waals surface area contributed by atoms with E-state index >= 15 is 0 Å². The number of carboxylic acids is 1. The SMILES string of the molecule is CCN1CCCC(NCCOC)(C(=O)O)CC1. The first-order valence-electron chi connectivity index (χ1n) is 6.34. The number of rotatable bonds is 6. The number of hydrogen-bond acceptors (Lipinski definition) is 4. The minimum atomic E-state index is -0.761. The second-order valence-corrected chi connectivity index (χ2v) is 4.59. The Morgan fingerprint density at radius 1 is 1.47 bits per heavy atom. The lowest BCUT2D eigenvalue weighted by atomic mass is 9.90. The topological polar surface area (TPSA) is 61.8 Å². The van der Waals surface area contributed by atoms with Crippen LogP contribution in [0.1, 0.15) is 26.2 Å². The lowest BCUT2D eigenvalue weighted by molar-refractivity contribution is -0.145. The summed E-state index contributed by atoms with van der Waals surface area (Å²) in [6, 6.07) is 0. The minimum Gasteiger partial charge on any atom is -0.480 e. The first-order valence-corrected chi connectivity index (χ1v) is 6.34. The first kappa shape index (κ1) is 14.4. The summed E-state index contributed by atoms with van der Waals surface area (Å²) < 4.78 is 4.97. The van der Waals surface area contributed by atoms with E-state index in [0.717, 1.165) is 26.1 Å². The fourth-order valence-corrected chi connectivity index (χ4v) is 2.37. The standard InChI is InChI=1S/C12H24N2O3/c1-3-14-8-4-5-12(6-9-14,11(15)16)13-7-10-17-2/h13H,3-10H2,1-2H3,(H,15,16). The van der Waals surface area contributed by atoms with E-state index in [9.17, 15) is 9.90 Å². The molecule has 2 N–H and O–H groups in total. The number of aliphatic carboxylic acids is 1. The van der Waals surface area contributed by atoms with E-state index in [1.807, 2.05) is 0 Å². The highest BCUT2D eigenvalue weighted by Crippen LogP contribution is 2.22. The van der Waals surface area contributed by atoms with Crippen LogP contribution in [0.15, 0.2) is 0 Å². The quantitative estimate of drug-likeness (QED) is 0.668. The molecular formula is C12H24N2O3. The number of likely N-dealkylation sites (tertiary alicyclic amines) is 1. The number of carboxylic acid groups (broad SMARTS) is 1. The van der Waals surface area contributed by atoms with Crippen molar-refractivity contribution in [2.24, 2.45) is 0 Å². The minimum absolute atomic E-state index is 0.548. The number of carbonyl (C=O) groups is 1. The molecule has 5 heteroatoms. The molecule has 1 fully saturated rings. The molecule has 0 bridgehead atoms. The summed E-state index contributed by atoms with van der Waals surface area (Å²) in [6.45, 7) is 6.10. The van der Waals surface area contributed by atoms with Crippen LogP contribution in [0.5, 0.6) is 0 Å². The molecule has 0 amide bonds. The fourth-order valence-electron chi connectivity index (χ4n) is 2.37. The monoisotopic (exact) mass is 244 g/mol. The lowest BCUT2D eigenvalue weighted by Crippen LogP contribution is -2.53. The molecular weight excluding hydrogens is 220 g/mol. The van der Waals surface area contributed by atoms with Crippen molar-refractivity contribution in [3.05, 3.63) is 0 Å². The van der Waals surface area contributed by atoms with E-state index in [1.165, 1.54) is 0 Å². The number of ether oxygens (including phenoxy) is 1. The number of hydrogen-bond donors (Lipinski definition) is 2. The van der Waals surface area contributed by atoms with Gasteiger partial charge in [-0.1, -0.05) is 6.92 Å². The van der Waals surface area contributed by atoms with E-state index in [1.54, 1.807) is 7.11 Å². The van der Waals surface area contributed by atoms with Crippen LogP contribution in [0, 0.1) is 0 Å². The fraction of sp³-hybridized carbons (Fsp3) is 0.917. The predicted molar refractivity (Wildman–Crippen MR) is 66.2 cm³/mol. The van der Waals surface area contributed by atoms with Gasteiger partial charge in [0.15, 0.2) is 0 Å². The van der Waals surface area contributed by atoms with E-state index in [2.05, 4.69) is 17.1 Å². The van der Waals surface area contributed by atoms with Gasteiger partial charge in [0, 0.05) is 20.2 Å². The summed E-state index contributed by atoms with van der Waals surface area (Å²) >= 11 is 0. The maximum atomic E-state index is 11.5. The van der Waals surface area contributed by atoms with Crippen molar-refractivity contribution < 1.29 is 14.6 Å². The summed E-state index contributed by atoms with van der Waals surface area (Å²) in [5.41, 5.74) is -0.761. The Labute approximate surface area is 103 Å². The predicted octanol–water partition coefficient (Wildman–Crippen LogP) is 0.552. The number of nitrogens with one attached hydrogen (secondary N) is 1. The van der Waals surface area contributed by atoms with Gasteiger partial charge < -0.3 is 14.7 Å².